The zero-order chi connectivity index (χ0) is 17.4. The Balaban J connectivity index is 1.72. The third kappa shape index (κ3) is 2.76. The van der Waals surface area contributed by atoms with E-state index in [0.717, 1.165) is 22.2 Å². The number of H-pyrrole nitrogens is 1. The zero-order valence-electron chi connectivity index (χ0n) is 14.0. The number of benzene rings is 2. The molecule has 1 aliphatic rings. The van der Waals surface area contributed by atoms with Crippen molar-refractivity contribution in [2.24, 2.45) is 0 Å². The molecule has 1 amide bonds. The van der Waals surface area contributed by atoms with E-state index < -0.39 is 6.10 Å². The molecular formula is C20H20N2O3. The highest BCUT2D eigenvalue weighted by atomic mass is 16.5. The fourth-order valence-electron chi connectivity index (χ4n) is 3.62. The first-order chi connectivity index (χ1) is 12.2. The Morgan fingerprint density at radius 2 is 2.08 bits per heavy atom. The van der Waals surface area contributed by atoms with Gasteiger partial charge in [-0.2, -0.15) is 0 Å². The van der Waals surface area contributed by atoms with E-state index in [1.54, 1.807) is 12.0 Å². The third-order valence-corrected chi connectivity index (χ3v) is 4.84. The number of para-hydroxylation sites is 1. The molecule has 1 fully saturated rings. The number of hydrogen-bond acceptors (Lipinski definition) is 3. The molecule has 2 atom stereocenters. The Morgan fingerprint density at radius 1 is 1.24 bits per heavy atom. The van der Waals surface area contributed by atoms with Crippen molar-refractivity contribution in [3.8, 4) is 5.75 Å². The molecule has 2 aromatic carbocycles. The van der Waals surface area contributed by atoms with E-state index in [9.17, 15) is 9.90 Å². The number of rotatable bonds is 3. The number of carbonyl (C=O) groups excluding carboxylic acids is 1. The third-order valence-electron chi connectivity index (χ3n) is 4.84. The first-order valence-electron chi connectivity index (χ1n) is 8.36. The smallest absolute Gasteiger partial charge is 0.256 e. The first kappa shape index (κ1) is 15.7. The van der Waals surface area contributed by atoms with Gasteiger partial charge in [-0.25, -0.2) is 0 Å². The van der Waals surface area contributed by atoms with Crippen LogP contribution in [0.4, 0.5) is 0 Å². The molecule has 0 bridgehead atoms. The maximum Gasteiger partial charge on any atom is 0.256 e. The van der Waals surface area contributed by atoms with Crippen molar-refractivity contribution in [3.63, 3.8) is 0 Å². The van der Waals surface area contributed by atoms with E-state index in [0.29, 0.717) is 18.5 Å². The SMILES string of the molecule is COc1cccc([C@H]2C[C@@H](O)CN2C(=O)c2cccc3cc[nH]c23)c1. The molecule has 0 radical (unpaired) electrons. The van der Waals surface area contributed by atoms with Crippen LogP contribution < -0.4 is 4.74 Å². The molecule has 3 aromatic rings. The van der Waals surface area contributed by atoms with Gasteiger partial charge in [0.25, 0.3) is 5.91 Å². The van der Waals surface area contributed by atoms with E-state index >= 15 is 0 Å². The number of amides is 1. The van der Waals surface area contributed by atoms with Crippen molar-refractivity contribution in [1.82, 2.24) is 9.88 Å². The van der Waals surface area contributed by atoms with Gasteiger partial charge in [-0.05, 0) is 36.2 Å². The van der Waals surface area contributed by atoms with Gasteiger partial charge >= 0.3 is 0 Å². The summed E-state index contributed by atoms with van der Waals surface area (Å²) in [6.07, 6.45) is 1.84. The molecule has 0 saturated carbocycles. The van der Waals surface area contributed by atoms with Crippen molar-refractivity contribution in [2.45, 2.75) is 18.6 Å². The van der Waals surface area contributed by atoms with Gasteiger partial charge in [0.1, 0.15) is 5.75 Å². The lowest BCUT2D eigenvalue weighted by atomic mass is 10.0. The van der Waals surface area contributed by atoms with Gasteiger partial charge in [-0.3, -0.25) is 4.79 Å². The van der Waals surface area contributed by atoms with E-state index in [1.807, 2.05) is 54.7 Å². The fraction of sp³-hybridized carbons (Fsp3) is 0.250. The monoisotopic (exact) mass is 336 g/mol. The molecular weight excluding hydrogens is 316 g/mol. The Kier molecular flexibility index (Phi) is 3.93. The van der Waals surface area contributed by atoms with Crippen LogP contribution in [0.3, 0.4) is 0 Å². The minimum atomic E-state index is -0.525. The molecule has 0 spiro atoms. The highest BCUT2D eigenvalue weighted by Crippen LogP contribution is 2.35. The van der Waals surface area contributed by atoms with Crippen molar-refractivity contribution in [2.75, 3.05) is 13.7 Å². The highest BCUT2D eigenvalue weighted by molar-refractivity contribution is 6.06. The fourth-order valence-corrected chi connectivity index (χ4v) is 3.62. The Morgan fingerprint density at radius 3 is 2.92 bits per heavy atom. The van der Waals surface area contributed by atoms with Crippen LogP contribution >= 0.6 is 0 Å². The zero-order valence-corrected chi connectivity index (χ0v) is 14.0. The van der Waals surface area contributed by atoms with E-state index in [-0.39, 0.29) is 11.9 Å². The van der Waals surface area contributed by atoms with Crippen LogP contribution in [0.25, 0.3) is 10.9 Å². The number of likely N-dealkylation sites (tertiary alicyclic amines) is 1. The molecule has 5 nitrogen and oxygen atoms in total. The van der Waals surface area contributed by atoms with Crippen molar-refractivity contribution in [1.29, 1.82) is 0 Å². The van der Waals surface area contributed by atoms with E-state index in [4.69, 9.17) is 4.74 Å². The summed E-state index contributed by atoms with van der Waals surface area (Å²) in [7, 11) is 1.62. The molecule has 25 heavy (non-hydrogen) atoms. The number of β-amino-alcohol motifs (C(OH)–C–C–N with tert-alkyl or cyclic N) is 1. The first-order valence-corrected chi connectivity index (χ1v) is 8.36. The van der Waals surface area contributed by atoms with Gasteiger partial charge in [0.05, 0.1) is 30.3 Å². The average molecular weight is 336 g/mol. The summed E-state index contributed by atoms with van der Waals surface area (Å²) >= 11 is 0. The second-order valence-electron chi connectivity index (χ2n) is 6.39. The number of aliphatic hydroxyl groups excluding tert-OH is 1. The number of aromatic nitrogens is 1. The predicted molar refractivity (Wildman–Crippen MR) is 95.7 cm³/mol. The molecule has 2 heterocycles. The molecule has 0 aliphatic carbocycles. The molecule has 5 heteroatoms. The largest absolute Gasteiger partial charge is 0.497 e. The lowest BCUT2D eigenvalue weighted by Gasteiger charge is -2.25. The Bertz CT molecular complexity index is 918. The summed E-state index contributed by atoms with van der Waals surface area (Å²) in [6.45, 7) is 0.331. The summed E-state index contributed by atoms with van der Waals surface area (Å²) in [5, 5.41) is 11.2. The highest BCUT2D eigenvalue weighted by Gasteiger charge is 2.36. The van der Waals surface area contributed by atoms with Gasteiger partial charge < -0.3 is 19.7 Å². The number of fused-ring (bicyclic) bond motifs is 1. The summed E-state index contributed by atoms with van der Waals surface area (Å²) in [6, 6.07) is 15.2. The second kappa shape index (κ2) is 6.26. The molecule has 1 aromatic heterocycles. The molecule has 1 aliphatic heterocycles. The standard InChI is InChI=1S/C20H20N2O3/c1-25-16-6-2-5-14(10-16)18-11-15(23)12-22(18)20(24)17-7-3-4-13-8-9-21-19(13)17/h2-10,15,18,21,23H,11-12H2,1H3/t15-,18-/m1/s1. The van der Waals surface area contributed by atoms with Gasteiger partial charge in [-0.1, -0.05) is 24.3 Å². The summed E-state index contributed by atoms with van der Waals surface area (Å²) in [5.41, 5.74) is 2.44. The average Bonchev–Trinajstić information content (AvgIpc) is 3.27. The van der Waals surface area contributed by atoms with Crippen LogP contribution in [0.5, 0.6) is 5.75 Å². The van der Waals surface area contributed by atoms with Gasteiger partial charge in [0.15, 0.2) is 0 Å². The maximum atomic E-state index is 13.2. The maximum absolute atomic E-state index is 13.2. The van der Waals surface area contributed by atoms with Crippen molar-refractivity contribution < 1.29 is 14.6 Å². The lowest BCUT2D eigenvalue weighted by Crippen LogP contribution is -2.32. The quantitative estimate of drug-likeness (QED) is 0.772. The number of nitrogens with zero attached hydrogens (tertiary/aromatic N) is 1. The molecule has 128 valence electrons. The number of aromatic amines is 1. The van der Waals surface area contributed by atoms with Gasteiger partial charge in [0, 0.05) is 18.1 Å². The summed E-state index contributed by atoms with van der Waals surface area (Å²) in [5.74, 6) is 0.676. The van der Waals surface area contributed by atoms with Crippen LogP contribution in [0, 0.1) is 0 Å². The second-order valence-corrected chi connectivity index (χ2v) is 6.39. The molecule has 0 unspecified atom stereocenters. The van der Waals surface area contributed by atoms with Crippen molar-refractivity contribution >= 4 is 16.8 Å². The number of hydrogen-bond donors (Lipinski definition) is 2. The minimum Gasteiger partial charge on any atom is -0.497 e. The van der Waals surface area contributed by atoms with E-state index in [1.165, 1.54) is 0 Å². The predicted octanol–water partition coefficient (Wildman–Crippen LogP) is 3.12. The van der Waals surface area contributed by atoms with Gasteiger partial charge in [-0.15, -0.1) is 0 Å². The number of ether oxygens (including phenoxy) is 1. The Hall–Kier alpha value is -2.79. The number of nitrogens with one attached hydrogen (secondary N) is 1. The Labute approximate surface area is 145 Å². The molecule has 4 rings (SSSR count). The topological polar surface area (TPSA) is 65.6 Å². The van der Waals surface area contributed by atoms with Crippen LogP contribution in [0.1, 0.15) is 28.4 Å². The van der Waals surface area contributed by atoms with Crippen LogP contribution in [-0.2, 0) is 0 Å². The number of carbonyl (C=O) groups is 1. The molecule has 2 N–H and O–H groups in total. The number of aliphatic hydroxyl groups is 1. The summed E-state index contributed by atoms with van der Waals surface area (Å²) < 4.78 is 5.30. The lowest BCUT2D eigenvalue weighted by molar-refractivity contribution is 0.0717. The minimum absolute atomic E-state index is 0.0718. The van der Waals surface area contributed by atoms with Crippen LogP contribution in [0.2, 0.25) is 0 Å². The van der Waals surface area contributed by atoms with Gasteiger partial charge in [0.2, 0.25) is 0 Å². The van der Waals surface area contributed by atoms with E-state index in [2.05, 4.69) is 4.98 Å². The van der Waals surface area contributed by atoms with Crippen molar-refractivity contribution in [3.05, 3.63) is 65.9 Å². The van der Waals surface area contributed by atoms with Crippen LogP contribution in [-0.4, -0.2) is 40.7 Å². The normalized spacial score (nSPS) is 20.2. The summed E-state index contributed by atoms with van der Waals surface area (Å²) in [4.78, 5) is 18.1. The van der Waals surface area contributed by atoms with Crippen LogP contribution in [0.15, 0.2) is 54.7 Å². The number of methoxy groups -OCH3 is 1. The molecule has 1 saturated heterocycles.